The summed E-state index contributed by atoms with van der Waals surface area (Å²) in [5.74, 6) is 2.24. The number of anilines is 1. The summed E-state index contributed by atoms with van der Waals surface area (Å²) < 4.78 is 8.05. The van der Waals surface area contributed by atoms with Crippen LogP contribution >= 0.6 is 0 Å². The summed E-state index contributed by atoms with van der Waals surface area (Å²) in [6, 6.07) is 11.0. The number of benzene rings is 1. The minimum absolute atomic E-state index is 0.846. The van der Waals surface area contributed by atoms with E-state index in [2.05, 4.69) is 58.4 Å². The Morgan fingerprint density at radius 1 is 1.04 bits per heavy atom. The van der Waals surface area contributed by atoms with Crippen molar-refractivity contribution in [2.24, 2.45) is 7.05 Å². The molecule has 0 unspecified atom stereocenters. The van der Waals surface area contributed by atoms with Gasteiger partial charge >= 0.3 is 0 Å². The minimum Gasteiger partial charge on any atom is -0.493 e. The van der Waals surface area contributed by atoms with E-state index in [-0.39, 0.29) is 0 Å². The Hall–Kier alpha value is -2.07. The first-order chi connectivity index (χ1) is 12.8. The molecule has 0 aliphatic carbocycles. The Morgan fingerprint density at radius 2 is 1.88 bits per heavy atom. The topological polar surface area (TPSA) is 28.4 Å². The van der Waals surface area contributed by atoms with Gasteiger partial charge in [-0.15, -0.1) is 0 Å². The lowest BCUT2D eigenvalue weighted by Crippen LogP contribution is -2.34. The largest absolute Gasteiger partial charge is 0.493 e. The maximum Gasteiger partial charge on any atom is 0.274 e. The summed E-state index contributed by atoms with van der Waals surface area (Å²) in [7, 11) is 2.12. The smallest absolute Gasteiger partial charge is 0.274 e. The number of aryl methyl sites for hydroxylation is 2. The van der Waals surface area contributed by atoms with Crippen LogP contribution in [0.3, 0.4) is 0 Å². The van der Waals surface area contributed by atoms with Gasteiger partial charge in [0.15, 0.2) is 0 Å². The number of nitrogens with zero attached hydrogens (tertiary/aromatic N) is 2. The third-order valence-corrected chi connectivity index (χ3v) is 5.56. The molecule has 1 saturated heterocycles. The summed E-state index contributed by atoms with van der Waals surface area (Å²) >= 11 is 0. The standard InChI is InChI=1S/C22H29N3O/c1-24-17-20(8-10-22(24)23-11-14-25-12-3-4-13-25)18-7-9-21-19(16-18)6-2-5-15-26-21/h7-10,16-17H,2-6,11-15H2,1H3/p+1. The Kier molecular flexibility index (Phi) is 5.40. The molecule has 138 valence electrons. The highest BCUT2D eigenvalue weighted by Gasteiger charge is 2.14. The first-order valence-corrected chi connectivity index (χ1v) is 10.0. The van der Waals surface area contributed by atoms with E-state index >= 15 is 0 Å². The van der Waals surface area contributed by atoms with Crippen LogP contribution in [0.1, 0.15) is 31.2 Å². The first kappa shape index (κ1) is 17.3. The molecule has 1 aromatic carbocycles. The molecule has 1 aromatic heterocycles. The van der Waals surface area contributed by atoms with Crippen molar-refractivity contribution >= 4 is 5.82 Å². The molecule has 1 N–H and O–H groups in total. The normalized spacial score (nSPS) is 17.4. The molecule has 0 atom stereocenters. The van der Waals surface area contributed by atoms with Crippen LogP contribution in [-0.2, 0) is 13.5 Å². The molecule has 4 rings (SSSR count). The fraction of sp³-hybridized carbons (Fsp3) is 0.500. The van der Waals surface area contributed by atoms with Gasteiger partial charge in [-0.25, -0.2) is 4.57 Å². The van der Waals surface area contributed by atoms with E-state index in [4.69, 9.17) is 4.74 Å². The van der Waals surface area contributed by atoms with Gasteiger partial charge in [-0.1, -0.05) is 6.07 Å². The van der Waals surface area contributed by atoms with Crippen molar-refractivity contribution in [1.29, 1.82) is 0 Å². The van der Waals surface area contributed by atoms with E-state index in [9.17, 15) is 0 Å². The number of hydrogen-bond acceptors (Lipinski definition) is 3. The Morgan fingerprint density at radius 3 is 2.73 bits per heavy atom. The van der Waals surface area contributed by atoms with Gasteiger partial charge in [0.1, 0.15) is 5.75 Å². The molecule has 1 fully saturated rings. The number of fused-ring (bicyclic) bond motifs is 1. The summed E-state index contributed by atoms with van der Waals surface area (Å²) in [6.45, 7) is 5.50. The lowest BCUT2D eigenvalue weighted by atomic mass is 10.0. The Balaban J connectivity index is 1.44. The van der Waals surface area contributed by atoms with Crippen LogP contribution in [0, 0.1) is 0 Å². The van der Waals surface area contributed by atoms with Gasteiger partial charge in [0.25, 0.3) is 5.82 Å². The molecule has 0 saturated carbocycles. The third kappa shape index (κ3) is 4.01. The third-order valence-electron chi connectivity index (χ3n) is 5.56. The zero-order valence-corrected chi connectivity index (χ0v) is 15.8. The average molecular weight is 353 g/mol. The van der Waals surface area contributed by atoms with E-state index in [1.807, 2.05) is 0 Å². The molecule has 26 heavy (non-hydrogen) atoms. The number of ether oxygens (including phenoxy) is 1. The summed E-state index contributed by atoms with van der Waals surface area (Å²) in [5, 5.41) is 3.58. The Labute approximate surface area is 156 Å². The second-order valence-corrected chi connectivity index (χ2v) is 7.52. The molecule has 3 heterocycles. The van der Waals surface area contributed by atoms with Crippen molar-refractivity contribution in [3.8, 4) is 16.9 Å². The van der Waals surface area contributed by atoms with Crippen LogP contribution in [-0.4, -0.2) is 37.7 Å². The monoisotopic (exact) mass is 352 g/mol. The highest BCUT2D eigenvalue weighted by molar-refractivity contribution is 5.65. The maximum absolute atomic E-state index is 5.85. The number of hydrogen-bond donors (Lipinski definition) is 1. The van der Waals surface area contributed by atoms with Crippen LogP contribution in [0.4, 0.5) is 5.82 Å². The van der Waals surface area contributed by atoms with Gasteiger partial charge in [-0.2, -0.15) is 0 Å². The zero-order chi connectivity index (χ0) is 17.8. The molecule has 0 bridgehead atoms. The van der Waals surface area contributed by atoms with Crippen LogP contribution in [0.5, 0.6) is 5.75 Å². The van der Waals surface area contributed by atoms with E-state index in [0.717, 1.165) is 38.3 Å². The number of rotatable bonds is 5. The first-order valence-electron chi connectivity index (χ1n) is 10.0. The lowest BCUT2D eigenvalue weighted by molar-refractivity contribution is -0.656. The highest BCUT2D eigenvalue weighted by Crippen LogP contribution is 2.29. The molecule has 0 radical (unpaired) electrons. The van der Waals surface area contributed by atoms with Crippen molar-refractivity contribution in [2.75, 3.05) is 38.1 Å². The predicted octanol–water partition coefficient (Wildman–Crippen LogP) is 3.40. The van der Waals surface area contributed by atoms with Crippen LogP contribution in [0.25, 0.3) is 11.1 Å². The molecular formula is C22H30N3O+. The lowest BCUT2D eigenvalue weighted by Gasteiger charge is -2.13. The van der Waals surface area contributed by atoms with Crippen LogP contribution < -0.4 is 14.6 Å². The van der Waals surface area contributed by atoms with Crippen LogP contribution in [0.2, 0.25) is 0 Å². The summed E-state index contributed by atoms with van der Waals surface area (Å²) in [5.41, 5.74) is 3.87. The van der Waals surface area contributed by atoms with Crippen molar-refractivity contribution < 1.29 is 9.30 Å². The van der Waals surface area contributed by atoms with Crippen molar-refractivity contribution in [3.63, 3.8) is 0 Å². The van der Waals surface area contributed by atoms with Gasteiger partial charge in [0.2, 0.25) is 0 Å². The molecule has 0 spiro atoms. The summed E-state index contributed by atoms with van der Waals surface area (Å²) in [6.07, 6.45) is 8.41. The molecule has 2 aliphatic heterocycles. The SMILES string of the molecule is C[n+]1cc(-c2ccc3c(c2)CCCCO3)ccc1NCCN1CCCC1. The quantitative estimate of drug-likeness (QED) is 0.836. The van der Waals surface area contributed by atoms with Crippen LogP contribution in [0.15, 0.2) is 36.5 Å². The van der Waals surface area contributed by atoms with Gasteiger partial charge in [-0.3, -0.25) is 10.2 Å². The minimum atomic E-state index is 0.846. The number of likely N-dealkylation sites (tertiary alicyclic amines) is 1. The second-order valence-electron chi connectivity index (χ2n) is 7.52. The van der Waals surface area contributed by atoms with E-state index < -0.39 is 0 Å². The van der Waals surface area contributed by atoms with Crippen molar-refractivity contribution in [3.05, 3.63) is 42.1 Å². The molecule has 4 nitrogen and oxygen atoms in total. The number of nitrogens with one attached hydrogen (secondary N) is 1. The van der Waals surface area contributed by atoms with Crippen molar-refractivity contribution in [2.45, 2.75) is 32.1 Å². The molecule has 4 heteroatoms. The van der Waals surface area contributed by atoms with Gasteiger partial charge in [0, 0.05) is 18.2 Å². The van der Waals surface area contributed by atoms with E-state index in [1.165, 1.54) is 54.9 Å². The highest BCUT2D eigenvalue weighted by atomic mass is 16.5. The van der Waals surface area contributed by atoms with Gasteiger partial charge < -0.3 is 4.74 Å². The maximum atomic E-state index is 5.85. The fourth-order valence-electron chi connectivity index (χ4n) is 4.01. The number of aromatic nitrogens is 1. The molecule has 2 aliphatic rings. The molecular weight excluding hydrogens is 322 g/mol. The van der Waals surface area contributed by atoms with Crippen molar-refractivity contribution in [1.82, 2.24) is 4.90 Å². The summed E-state index contributed by atoms with van der Waals surface area (Å²) in [4.78, 5) is 2.54. The zero-order valence-electron chi connectivity index (χ0n) is 15.8. The second kappa shape index (κ2) is 8.09. The molecule has 0 amide bonds. The Bertz CT molecular complexity index is 753. The van der Waals surface area contributed by atoms with Gasteiger partial charge in [-0.05, 0) is 74.5 Å². The van der Waals surface area contributed by atoms with Gasteiger partial charge in [0.05, 0.1) is 26.4 Å². The number of pyridine rings is 1. The van der Waals surface area contributed by atoms with E-state index in [0.29, 0.717) is 0 Å². The predicted molar refractivity (Wildman–Crippen MR) is 106 cm³/mol. The molecule has 2 aromatic rings. The average Bonchev–Trinajstić information content (AvgIpc) is 3.06. The van der Waals surface area contributed by atoms with E-state index in [1.54, 1.807) is 0 Å². The fourth-order valence-corrected chi connectivity index (χ4v) is 4.01.